The summed E-state index contributed by atoms with van der Waals surface area (Å²) in [6.45, 7) is 6.80. The summed E-state index contributed by atoms with van der Waals surface area (Å²) in [6.07, 6.45) is 2.31. The molecular weight excluding hydrogens is 430 g/mol. The maximum absolute atomic E-state index is 12.9. The van der Waals surface area contributed by atoms with Crippen LogP contribution in [0.2, 0.25) is 0 Å². The van der Waals surface area contributed by atoms with Crippen molar-refractivity contribution >= 4 is 27.5 Å². The number of hydrogen-bond acceptors (Lipinski definition) is 5. The standard InChI is InChI=1S/C22H31N5O4S/c1-15(2)13-23-22(29)18-7-5-6-8-19(18)25-21(28)17-9-11-27(12-10-17)32(30,31)20-14-26(4)16(3)24-20/h5-8,14-15,17H,9-13H2,1-4H3,(H,23,29)(H,25,28). The topological polar surface area (TPSA) is 113 Å². The Morgan fingerprint density at radius 2 is 1.84 bits per heavy atom. The van der Waals surface area contributed by atoms with E-state index in [2.05, 4.69) is 15.6 Å². The van der Waals surface area contributed by atoms with E-state index in [1.54, 1.807) is 42.8 Å². The van der Waals surface area contributed by atoms with E-state index in [9.17, 15) is 18.0 Å². The van der Waals surface area contributed by atoms with E-state index in [1.165, 1.54) is 10.5 Å². The van der Waals surface area contributed by atoms with Crippen LogP contribution in [0.5, 0.6) is 0 Å². The number of aromatic nitrogens is 2. The van der Waals surface area contributed by atoms with Crippen LogP contribution in [0.3, 0.4) is 0 Å². The van der Waals surface area contributed by atoms with Crippen LogP contribution >= 0.6 is 0 Å². The maximum atomic E-state index is 12.9. The minimum absolute atomic E-state index is 0.0294. The van der Waals surface area contributed by atoms with Crippen LogP contribution in [-0.4, -0.2) is 53.7 Å². The van der Waals surface area contributed by atoms with E-state index in [1.807, 2.05) is 13.8 Å². The molecule has 2 N–H and O–H groups in total. The first-order valence-electron chi connectivity index (χ1n) is 10.8. The third-order valence-electron chi connectivity index (χ3n) is 5.62. The zero-order valence-electron chi connectivity index (χ0n) is 19.0. The van der Waals surface area contributed by atoms with Gasteiger partial charge in [0.05, 0.1) is 11.3 Å². The van der Waals surface area contributed by atoms with Crippen molar-refractivity contribution in [1.82, 2.24) is 19.2 Å². The smallest absolute Gasteiger partial charge is 0.262 e. The fourth-order valence-corrected chi connectivity index (χ4v) is 5.05. The molecule has 0 radical (unpaired) electrons. The number of para-hydroxylation sites is 1. The third kappa shape index (κ3) is 5.36. The molecule has 0 saturated carbocycles. The van der Waals surface area contributed by atoms with Gasteiger partial charge in [-0.05, 0) is 37.8 Å². The van der Waals surface area contributed by atoms with Gasteiger partial charge in [-0.15, -0.1) is 0 Å². The Hall–Kier alpha value is -2.72. The number of amides is 2. The van der Waals surface area contributed by atoms with Gasteiger partial charge in [-0.25, -0.2) is 13.4 Å². The summed E-state index contributed by atoms with van der Waals surface area (Å²) in [5, 5.41) is 5.75. The quantitative estimate of drug-likeness (QED) is 0.656. The summed E-state index contributed by atoms with van der Waals surface area (Å²) in [4.78, 5) is 29.5. The lowest BCUT2D eigenvalue weighted by Gasteiger charge is -2.30. The number of carbonyl (C=O) groups excluding carboxylic acids is 2. The van der Waals surface area contributed by atoms with E-state index in [0.29, 0.717) is 42.4 Å². The fourth-order valence-electron chi connectivity index (χ4n) is 3.56. The molecule has 0 bridgehead atoms. The molecule has 1 fully saturated rings. The van der Waals surface area contributed by atoms with Gasteiger partial charge < -0.3 is 15.2 Å². The second-order valence-corrected chi connectivity index (χ2v) is 10.4. The Morgan fingerprint density at radius 1 is 1.19 bits per heavy atom. The molecule has 3 rings (SSSR count). The summed E-state index contributed by atoms with van der Waals surface area (Å²) in [7, 11) is -1.94. The van der Waals surface area contributed by atoms with Crippen molar-refractivity contribution in [3.63, 3.8) is 0 Å². The average Bonchev–Trinajstić information content (AvgIpc) is 3.11. The second-order valence-electron chi connectivity index (χ2n) is 8.55. The number of aryl methyl sites for hydroxylation is 2. The number of nitrogens with zero attached hydrogens (tertiary/aromatic N) is 3. The molecule has 32 heavy (non-hydrogen) atoms. The average molecular weight is 462 g/mol. The van der Waals surface area contributed by atoms with Crippen LogP contribution in [0.4, 0.5) is 5.69 Å². The van der Waals surface area contributed by atoms with Crippen molar-refractivity contribution < 1.29 is 18.0 Å². The molecular formula is C22H31N5O4S. The van der Waals surface area contributed by atoms with E-state index >= 15 is 0 Å². The van der Waals surface area contributed by atoms with Crippen LogP contribution in [0, 0.1) is 18.8 Å². The third-order valence-corrected chi connectivity index (χ3v) is 7.39. The molecule has 9 nitrogen and oxygen atoms in total. The lowest BCUT2D eigenvalue weighted by Crippen LogP contribution is -2.41. The maximum Gasteiger partial charge on any atom is 0.262 e. The lowest BCUT2D eigenvalue weighted by molar-refractivity contribution is -0.120. The van der Waals surface area contributed by atoms with Crippen molar-refractivity contribution in [3.8, 4) is 0 Å². The number of sulfonamides is 1. The van der Waals surface area contributed by atoms with Gasteiger partial charge >= 0.3 is 0 Å². The molecule has 2 heterocycles. The number of rotatable bonds is 7. The number of piperidine rings is 1. The Kier molecular flexibility index (Phi) is 7.35. The molecule has 0 aliphatic carbocycles. The highest BCUT2D eigenvalue weighted by Gasteiger charge is 2.33. The van der Waals surface area contributed by atoms with Crippen LogP contribution in [0.1, 0.15) is 42.9 Å². The van der Waals surface area contributed by atoms with Gasteiger partial charge in [0.2, 0.25) is 5.91 Å². The molecule has 1 aliphatic rings. The number of imidazole rings is 1. The molecule has 0 unspecified atom stereocenters. The van der Waals surface area contributed by atoms with Gasteiger partial charge in [0.1, 0.15) is 5.82 Å². The van der Waals surface area contributed by atoms with Crippen LogP contribution in [0.15, 0.2) is 35.5 Å². The highest BCUT2D eigenvalue weighted by atomic mass is 32.2. The van der Waals surface area contributed by atoms with Gasteiger partial charge in [-0.2, -0.15) is 4.31 Å². The Labute approximate surface area is 189 Å². The number of carbonyl (C=O) groups is 2. The largest absolute Gasteiger partial charge is 0.352 e. The molecule has 0 atom stereocenters. The summed E-state index contributed by atoms with van der Waals surface area (Å²) in [5.74, 6) is 0.158. The molecule has 1 aromatic heterocycles. The number of nitrogens with one attached hydrogen (secondary N) is 2. The Bertz CT molecular complexity index is 1070. The van der Waals surface area contributed by atoms with Gasteiger partial charge in [0.15, 0.2) is 5.03 Å². The first-order chi connectivity index (χ1) is 15.1. The number of anilines is 1. The zero-order chi connectivity index (χ0) is 23.5. The van der Waals surface area contributed by atoms with Crippen molar-refractivity contribution in [2.75, 3.05) is 25.0 Å². The normalized spacial score (nSPS) is 15.7. The van der Waals surface area contributed by atoms with E-state index in [4.69, 9.17) is 0 Å². The SMILES string of the molecule is Cc1nc(S(=O)(=O)N2CCC(C(=O)Nc3ccccc3C(=O)NCC(C)C)CC2)cn1C. The number of benzene rings is 1. The van der Waals surface area contributed by atoms with Gasteiger partial charge in [-0.3, -0.25) is 9.59 Å². The predicted molar refractivity (Wildman–Crippen MR) is 122 cm³/mol. The summed E-state index contributed by atoms with van der Waals surface area (Å²) >= 11 is 0. The molecule has 1 aliphatic heterocycles. The summed E-state index contributed by atoms with van der Waals surface area (Å²) in [6, 6.07) is 6.89. The second kappa shape index (κ2) is 9.83. The van der Waals surface area contributed by atoms with Crippen molar-refractivity contribution in [2.45, 2.75) is 38.6 Å². The summed E-state index contributed by atoms with van der Waals surface area (Å²) in [5.41, 5.74) is 0.866. The van der Waals surface area contributed by atoms with E-state index in [0.717, 1.165) is 0 Å². The first-order valence-corrected chi connectivity index (χ1v) is 12.2. The van der Waals surface area contributed by atoms with Gasteiger partial charge in [0.25, 0.3) is 15.9 Å². The van der Waals surface area contributed by atoms with E-state index in [-0.39, 0.29) is 35.8 Å². The van der Waals surface area contributed by atoms with Crippen LogP contribution in [0.25, 0.3) is 0 Å². The van der Waals surface area contributed by atoms with Crippen molar-refractivity contribution in [3.05, 3.63) is 41.9 Å². The predicted octanol–water partition coefficient (Wildman–Crippen LogP) is 2.15. The molecule has 0 spiro atoms. The monoisotopic (exact) mass is 461 g/mol. The Morgan fingerprint density at radius 3 is 2.44 bits per heavy atom. The molecule has 2 aromatic rings. The minimum Gasteiger partial charge on any atom is -0.352 e. The Balaban J connectivity index is 1.62. The highest BCUT2D eigenvalue weighted by Crippen LogP contribution is 2.25. The molecule has 174 valence electrons. The van der Waals surface area contributed by atoms with Crippen LogP contribution in [-0.2, 0) is 21.9 Å². The molecule has 1 saturated heterocycles. The molecule has 1 aromatic carbocycles. The summed E-state index contributed by atoms with van der Waals surface area (Å²) < 4.78 is 28.8. The molecule has 2 amide bonds. The van der Waals surface area contributed by atoms with E-state index < -0.39 is 10.0 Å². The number of hydrogen-bond donors (Lipinski definition) is 2. The van der Waals surface area contributed by atoms with Crippen LogP contribution < -0.4 is 10.6 Å². The highest BCUT2D eigenvalue weighted by molar-refractivity contribution is 7.89. The van der Waals surface area contributed by atoms with Gasteiger partial charge in [0, 0.05) is 38.8 Å². The molecule has 10 heteroatoms. The fraction of sp³-hybridized carbons (Fsp3) is 0.500. The minimum atomic E-state index is -3.69. The first kappa shape index (κ1) is 23.9. The van der Waals surface area contributed by atoms with Gasteiger partial charge in [-0.1, -0.05) is 26.0 Å². The van der Waals surface area contributed by atoms with Crippen molar-refractivity contribution in [1.29, 1.82) is 0 Å². The lowest BCUT2D eigenvalue weighted by atomic mass is 9.97. The zero-order valence-corrected chi connectivity index (χ0v) is 19.8. The van der Waals surface area contributed by atoms with Crippen molar-refractivity contribution in [2.24, 2.45) is 18.9 Å².